The molecule has 0 radical (unpaired) electrons. The van der Waals surface area contributed by atoms with Crippen molar-refractivity contribution in [1.82, 2.24) is 14.9 Å². The van der Waals surface area contributed by atoms with Gasteiger partial charge in [-0.25, -0.2) is 14.8 Å². The zero-order valence-corrected chi connectivity index (χ0v) is 14.3. The van der Waals surface area contributed by atoms with Crippen molar-refractivity contribution < 1.29 is 9.53 Å². The molecular weight excluding hydrogens is 304 g/mol. The van der Waals surface area contributed by atoms with Crippen molar-refractivity contribution in [2.45, 2.75) is 39.7 Å². The predicted octanol–water partition coefficient (Wildman–Crippen LogP) is 3.11. The number of halogens is 1. The number of aryl methyl sites for hydroxylation is 1. The van der Waals surface area contributed by atoms with Gasteiger partial charge in [-0.05, 0) is 40.0 Å². The van der Waals surface area contributed by atoms with E-state index in [0.29, 0.717) is 30.1 Å². The molecule has 1 atom stereocenters. The number of anilines is 1. The van der Waals surface area contributed by atoms with Gasteiger partial charge in [-0.1, -0.05) is 11.6 Å². The SMILES string of the molecule is Cc1cnc(NCC2CCN(C(=O)OC(C)(C)C)C2)nc1Cl. The second kappa shape index (κ2) is 6.69. The highest BCUT2D eigenvalue weighted by Crippen LogP contribution is 2.20. The number of nitrogens with zero attached hydrogens (tertiary/aromatic N) is 3. The van der Waals surface area contributed by atoms with Gasteiger partial charge < -0.3 is 15.0 Å². The topological polar surface area (TPSA) is 67.4 Å². The van der Waals surface area contributed by atoms with Crippen LogP contribution in [0.3, 0.4) is 0 Å². The zero-order valence-electron chi connectivity index (χ0n) is 13.5. The van der Waals surface area contributed by atoms with Crippen LogP contribution in [0.4, 0.5) is 10.7 Å². The van der Waals surface area contributed by atoms with E-state index in [4.69, 9.17) is 16.3 Å². The smallest absolute Gasteiger partial charge is 0.410 e. The fourth-order valence-corrected chi connectivity index (χ4v) is 2.36. The molecule has 22 heavy (non-hydrogen) atoms. The van der Waals surface area contributed by atoms with Gasteiger partial charge in [0, 0.05) is 31.4 Å². The summed E-state index contributed by atoms with van der Waals surface area (Å²) in [7, 11) is 0. The van der Waals surface area contributed by atoms with E-state index in [9.17, 15) is 4.79 Å². The van der Waals surface area contributed by atoms with Gasteiger partial charge in [0.15, 0.2) is 0 Å². The minimum atomic E-state index is -0.458. The Morgan fingerprint density at radius 1 is 1.55 bits per heavy atom. The standard InChI is InChI=1S/C15H23ClN4O2/c1-10-7-17-13(19-12(10)16)18-8-11-5-6-20(9-11)14(21)22-15(2,3)4/h7,11H,5-6,8-9H2,1-4H3,(H,17,18,19). The Balaban J connectivity index is 1.81. The number of nitrogens with one attached hydrogen (secondary N) is 1. The van der Waals surface area contributed by atoms with Crippen LogP contribution < -0.4 is 5.32 Å². The molecule has 0 aliphatic carbocycles. The van der Waals surface area contributed by atoms with Gasteiger partial charge in [-0.2, -0.15) is 0 Å². The first-order valence-corrected chi connectivity index (χ1v) is 7.83. The molecular formula is C15H23ClN4O2. The highest BCUT2D eigenvalue weighted by atomic mass is 35.5. The first kappa shape index (κ1) is 16.8. The van der Waals surface area contributed by atoms with Crippen molar-refractivity contribution in [3.63, 3.8) is 0 Å². The fraction of sp³-hybridized carbons (Fsp3) is 0.667. The van der Waals surface area contributed by atoms with E-state index in [2.05, 4.69) is 15.3 Å². The Labute approximate surface area is 136 Å². The van der Waals surface area contributed by atoms with Gasteiger partial charge in [0.05, 0.1) is 0 Å². The van der Waals surface area contributed by atoms with Gasteiger partial charge in [0.2, 0.25) is 5.95 Å². The molecule has 1 N–H and O–H groups in total. The van der Waals surface area contributed by atoms with E-state index in [1.165, 1.54) is 0 Å². The first-order valence-electron chi connectivity index (χ1n) is 7.45. The number of hydrogen-bond acceptors (Lipinski definition) is 5. The number of ether oxygens (including phenoxy) is 1. The number of amides is 1. The molecule has 1 unspecified atom stereocenters. The van der Waals surface area contributed by atoms with Crippen molar-refractivity contribution in [3.05, 3.63) is 16.9 Å². The zero-order chi connectivity index (χ0) is 16.3. The molecule has 0 bridgehead atoms. The number of hydrogen-bond donors (Lipinski definition) is 1. The Morgan fingerprint density at radius 2 is 2.27 bits per heavy atom. The minimum Gasteiger partial charge on any atom is -0.444 e. The van der Waals surface area contributed by atoms with Crippen LogP contribution in [0, 0.1) is 12.8 Å². The van der Waals surface area contributed by atoms with Crippen LogP contribution in [-0.4, -0.2) is 46.2 Å². The lowest BCUT2D eigenvalue weighted by Gasteiger charge is -2.24. The average Bonchev–Trinajstić information content (AvgIpc) is 2.87. The van der Waals surface area contributed by atoms with Crippen LogP contribution in [0.25, 0.3) is 0 Å². The summed E-state index contributed by atoms with van der Waals surface area (Å²) in [5.74, 6) is 0.877. The third kappa shape index (κ3) is 4.73. The predicted molar refractivity (Wildman–Crippen MR) is 86.2 cm³/mol. The van der Waals surface area contributed by atoms with Crippen molar-refractivity contribution in [2.75, 3.05) is 25.0 Å². The number of carbonyl (C=O) groups excluding carboxylic acids is 1. The number of likely N-dealkylation sites (tertiary alicyclic amines) is 1. The monoisotopic (exact) mass is 326 g/mol. The molecule has 1 aliphatic heterocycles. The summed E-state index contributed by atoms with van der Waals surface area (Å²) in [6.45, 7) is 9.59. The second-order valence-corrected chi connectivity index (χ2v) is 6.99. The van der Waals surface area contributed by atoms with Crippen molar-refractivity contribution in [2.24, 2.45) is 5.92 Å². The molecule has 1 saturated heterocycles. The molecule has 2 heterocycles. The summed E-state index contributed by atoms with van der Waals surface area (Å²) in [6, 6.07) is 0. The van der Waals surface area contributed by atoms with Crippen molar-refractivity contribution in [3.8, 4) is 0 Å². The Morgan fingerprint density at radius 3 is 2.91 bits per heavy atom. The van der Waals surface area contributed by atoms with Gasteiger partial charge in [-0.3, -0.25) is 0 Å². The van der Waals surface area contributed by atoms with E-state index in [0.717, 1.165) is 18.5 Å². The van der Waals surface area contributed by atoms with Crippen LogP contribution in [0.15, 0.2) is 6.20 Å². The molecule has 1 aromatic heterocycles. The molecule has 1 aromatic rings. The van der Waals surface area contributed by atoms with Crippen molar-refractivity contribution in [1.29, 1.82) is 0 Å². The summed E-state index contributed by atoms with van der Waals surface area (Å²) < 4.78 is 5.39. The Bertz CT molecular complexity index is 545. The van der Waals surface area contributed by atoms with Gasteiger partial charge >= 0.3 is 6.09 Å². The largest absolute Gasteiger partial charge is 0.444 e. The number of carbonyl (C=O) groups is 1. The molecule has 122 valence electrons. The maximum atomic E-state index is 12.0. The summed E-state index contributed by atoms with van der Waals surface area (Å²) in [5, 5.41) is 3.63. The fourth-order valence-electron chi connectivity index (χ4n) is 2.23. The van der Waals surface area contributed by atoms with E-state index >= 15 is 0 Å². The molecule has 1 fully saturated rings. The third-order valence-corrected chi connectivity index (χ3v) is 3.78. The van der Waals surface area contributed by atoms with E-state index in [1.807, 2.05) is 27.7 Å². The second-order valence-electron chi connectivity index (χ2n) is 6.63. The molecule has 6 nitrogen and oxygen atoms in total. The molecule has 0 aromatic carbocycles. The number of aromatic nitrogens is 2. The molecule has 1 amide bonds. The lowest BCUT2D eigenvalue weighted by Crippen LogP contribution is -2.35. The molecule has 2 rings (SSSR count). The highest BCUT2D eigenvalue weighted by molar-refractivity contribution is 6.30. The van der Waals surface area contributed by atoms with Crippen LogP contribution in [0.1, 0.15) is 32.8 Å². The minimum absolute atomic E-state index is 0.246. The lowest BCUT2D eigenvalue weighted by atomic mass is 10.1. The highest BCUT2D eigenvalue weighted by Gasteiger charge is 2.29. The first-order chi connectivity index (χ1) is 10.2. The molecule has 7 heteroatoms. The molecule has 0 spiro atoms. The average molecular weight is 327 g/mol. The Hall–Kier alpha value is -1.56. The van der Waals surface area contributed by atoms with E-state index in [1.54, 1.807) is 11.1 Å². The maximum Gasteiger partial charge on any atom is 0.410 e. The summed E-state index contributed by atoms with van der Waals surface area (Å²) in [6.07, 6.45) is 2.38. The van der Waals surface area contributed by atoms with Gasteiger partial charge in [-0.15, -0.1) is 0 Å². The van der Waals surface area contributed by atoms with Crippen LogP contribution >= 0.6 is 11.6 Å². The van der Waals surface area contributed by atoms with E-state index < -0.39 is 5.60 Å². The number of rotatable bonds is 3. The normalized spacial score (nSPS) is 18.4. The van der Waals surface area contributed by atoms with Gasteiger partial charge in [0.25, 0.3) is 0 Å². The third-order valence-electron chi connectivity index (χ3n) is 3.40. The lowest BCUT2D eigenvalue weighted by molar-refractivity contribution is 0.0289. The molecule has 0 saturated carbocycles. The Kier molecular flexibility index (Phi) is 5.11. The van der Waals surface area contributed by atoms with Crippen LogP contribution in [0.5, 0.6) is 0 Å². The van der Waals surface area contributed by atoms with Gasteiger partial charge in [0.1, 0.15) is 10.8 Å². The van der Waals surface area contributed by atoms with Crippen molar-refractivity contribution >= 4 is 23.6 Å². The maximum absolute atomic E-state index is 12.0. The quantitative estimate of drug-likeness (QED) is 0.864. The van der Waals surface area contributed by atoms with Crippen LogP contribution in [-0.2, 0) is 4.74 Å². The molecule has 1 aliphatic rings. The summed E-state index contributed by atoms with van der Waals surface area (Å²) in [5.41, 5.74) is 0.393. The summed E-state index contributed by atoms with van der Waals surface area (Å²) >= 11 is 5.97. The summed E-state index contributed by atoms with van der Waals surface area (Å²) in [4.78, 5) is 22.1. The van der Waals surface area contributed by atoms with Crippen LogP contribution in [0.2, 0.25) is 5.15 Å². The van der Waals surface area contributed by atoms with E-state index in [-0.39, 0.29) is 6.09 Å².